The zero-order chi connectivity index (χ0) is 23.6. The van der Waals surface area contributed by atoms with E-state index >= 15 is 0 Å². The average molecular weight is 460 g/mol. The second kappa shape index (κ2) is 9.25. The fourth-order valence-electron chi connectivity index (χ4n) is 3.61. The minimum Gasteiger partial charge on any atom is -0.357 e. The van der Waals surface area contributed by atoms with Gasteiger partial charge >= 0.3 is 0 Å². The van der Waals surface area contributed by atoms with E-state index in [1.54, 1.807) is 20.8 Å². The van der Waals surface area contributed by atoms with E-state index in [2.05, 4.69) is 22.2 Å². The lowest BCUT2D eigenvalue weighted by atomic mass is 10.1. The Morgan fingerprint density at radius 1 is 1.16 bits per heavy atom. The first-order valence-electron chi connectivity index (χ1n) is 10.4. The minimum atomic E-state index is -3.51. The van der Waals surface area contributed by atoms with Crippen molar-refractivity contribution in [3.8, 4) is 11.4 Å². The topological polar surface area (TPSA) is 113 Å². The van der Waals surface area contributed by atoms with Crippen LogP contribution < -0.4 is 10.6 Å². The van der Waals surface area contributed by atoms with Gasteiger partial charge in [-0.3, -0.25) is 9.59 Å². The van der Waals surface area contributed by atoms with Crippen LogP contribution in [0.3, 0.4) is 0 Å². The SMILES string of the molecule is C=C(C)[C@H](NC(=O)c1nc(-c2ccccc2)n2c1CN(S(=O)(=O)C(C)C)CC2)C(=O)NC. The molecular weight excluding hydrogens is 430 g/mol. The van der Waals surface area contributed by atoms with Crippen LogP contribution in [0.15, 0.2) is 42.5 Å². The molecule has 32 heavy (non-hydrogen) atoms. The van der Waals surface area contributed by atoms with E-state index < -0.39 is 33.1 Å². The predicted octanol–water partition coefficient (Wildman–Crippen LogP) is 1.52. The molecule has 3 rings (SSSR count). The molecule has 0 bridgehead atoms. The minimum absolute atomic E-state index is 0.0286. The third kappa shape index (κ3) is 4.46. The predicted molar refractivity (Wildman–Crippen MR) is 122 cm³/mol. The fraction of sp³-hybridized carbons (Fsp3) is 0.409. The lowest BCUT2D eigenvalue weighted by Gasteiger charge is -2.30. The lowest BCUT2D eigenvalue weighted by Crippen LogP contribution is -2.47. The van der Waals surface area contributed by atoms with Gasteiger partial charge in [-0.05, 0) is 26.3 Å². The number of hydrogen-bond donors (Lipinski definition) is 2. The molecule has 0 unspecified atom stereocenters. The third-order valence-corrected chi connectivity index (χ3v) is 7.67. The molecule has 0 saturated carbocycles. The highest BCUT2D eigenvalue weighted by Crippen LogP contribution is 2.28. The molecule has 1 aliphatic rings. The summed E-state index contributed by atoms with van der Waals surface area (Å²) < 4.78 is 28.8. The van der Waals surface area contributed by atoms with Gasteiger partial charge in [0.1, 0.15) is 11.9 Å². The largest absolute Gasteiger partial charge is 0.357 e. The molecule has 2 amide bonds. The number of nitrogens with one attached hydrogen (secondary N) is 2. The van der Waals surface area contributed by atoms with Crippen molar-refractivity contribution >= 4 is 21.8 Å². The maximum absolute atomic E-state index is 13.2. The van der Waals surface area contributed by atoms with E-state index in [0.29, 0.717) is 23.6 Å². The molecular formula is C22H29N5O4S. The summed E-state index contributed by atoms with van der Waals surface area (Å²) in [5, 5.41) is 4.61. The van der Waals surface area contributed by atoms with Gasteiger partial charge in [0.05, 0.1) is 17.5 Å². The summed E-state index contributed by atoms with van der Waals surface area (Å²) in [6, 6.07) is 8.47. The van der Waals surface area contributed by atoms with Crippen molar-refractivity contribution in [1.29, 1.82) is 0 Å². The Kier molecular flexibility index (Phi) is 6.85. The summed E-state index contributed by atoms with van der Waals surface area (Å²) in [6.45, 7) is 9.38. The monoisotopic (exact) mass is 459 g/mol. The third-order valence-electron chi connectivity index (χ3n) is 5.45. The van der Waals surface area contributed by atoms with Crippen LogP contribution in [0.1, 0.15) is 37.0 Å². The normalized spacial score (nSPS) is 15.2. The van der Waals surface area contributed by atoms with Gasteiger partial charge in [0.2, 0.25) is 15.9 Å². The number of amides is 2. The molecule has 172 valence electrons. The first-order chi connectivity index (χ1) is 15.1. The Morgan fingerprint density at radius 3 is 2.38 bits per heavy atom. The van der Waals surface area contributed by atoms with Gasteiger partial charge in [-0.25, -0.2) is 13.4 Å². The molecule has 1 aliphatic heterocycles. The van der Waals surface area contributed by atoms with E-state index in [9.17, 15) is 18.0 Å². The van der Waals surface area contributed by atoms with Crippen LogP contribution in [0, 0.1) is 0 Å². The van der Waals surface area contributed by atoms with Crippen LogP contribution >= 0.6 is 0 Å². The Balaban J connectivity index is 2.06. The highest BCUT2D eigenvalue weighted by Gasteiger charge is 2.35. The first-order valence-corrected chi connectivity index (χ1v) is 11.9. The number of aromatic nitrogens is 2. The molecule has 2 heterocycles. The van der Waals surface area contributed by atoms with Gasteiger partial charge < -0.3 is 15.2 Å². The summed E-state index contributed by atoms with van der Waals surface area (Å²) in [5.41, 5.74) is 1.88. The Hall–Kier alpha value is -2.98. The van der Waals surface area contributed by atoms with Crippen molar-refractivity contribution < 1.29 is 18.0 Å². The molecule has 9 nitrogen and oxygen atoms in total. The van der Waals surface area contributed by atoms with Gasteiger partial charge in [-0.1, -0.05) is 36.9 Å². The van der Waals surface area contributed by atoms with Crippen LogP contribution in [0.4, 0.5) is 0 Å². The average Bonchev–Trinajstić information content (AvgIpc) is 3.16. The quantitative estimate of drug-likeness (QED) is 0.610. The number of nitrogens with zero attached hydrogens (tertiary/aromatic N) is 3. The highest BCUT2D eigenvalue weighted by molar-refractivity contribution is 7.89. The van der Waals surface area contributed by atoms with E-state index in [0.717, 1.165) is 5.56 Å². The second-order valence-corrected chi connectivity index (χ2v) is 10.5. The maximum atomic E-state index is 13.2. The van der Waals surface area contributed by atoms with Gasteiger partial charge in [0, 0.05) is 25.7 Å². The zero-order valence-electron chi connectivity index (χ0n) is 18.8. The van der Waals surface area contributed by atoms with Crippen molar-refractivity contribution in [2.75, 3.05) is 13.6 Å². The first kappa shape index (κ1) is 23.7. The Labute approximate surface area is 188 Å². The van der Waals surface area contributed by atoms with Crippen molar-refractivity contribution in [3.05, 3.63) is 53.9 Å². The van der Waals surface area contributed by atoms with Crippen LogP contribution in [0.25, 0.3) is 11.4 Å². The zero-order valence-corrected chi connectivity index (χ0v) is 19.6. The molecule has 1 aromatic heterocycles. The van der Waals surface area contributed by atoms with Crippen molar-refractivity contribution in [2.24, 2.45) is 0 Å². The van der Waals surface area contributed by atoms with Gasteiger partial charge in [-0.15, -0.1) is 0 Å². The van der Waals surface area contributed by atoms with Crippen LogP contribution in [0.2, 0.25) is 0 Å². The van der Waals surface area contributed by atoms with Crippen molar-refractivity contribution in [2.45, 2.75) is 45.2 Å². The van der Waals surface area contributed by atoms with E-state index in [1.807, 2.05) is 34.9 Å². The molecule has 1 aromatic carbocycles. The summed E-state index contributed by atoms with van der Waals surface area (Å²) in [5.74, 6) is -0.373. The number of hydrogen-bond acceptors (Lipinski definition) is 5. The summed E-state index contributed by atoms with van der Waals surface area (Å²) >= 11 is 0. The molecule has 10 heteroatoms. The van der Waals surface area contributed by atoms with Gasteiger partial charge in [0.15, 0.2) is 5.69 Å². The van der Waals surface area contributed by atoms with Crippen molar-refractivity contribution in [3.63, 3.8) is 0 Å². The molecule has 0 saturated heterocycles. The molecule has 0 aliphatic carbocycles. The number of sulfonamides is 1. The standard InChI is InChI=1S/C22H29N5O4S/c1-14(2)18(21(28)23-5)25-22(29)19-17-13-26(32(30,31)15(3)4)11-12-27(17)20(24-19)16-9-7-6-8-10-16/h6-10,15,18H,1,11-13H2,2-5H3,(H,23,28)(H,25,29)/t18-/m0/s1. The highest BCUT2D eigenvalue weighted by atomic mass is 32.2. The second-order valence-electron chi connectivity index (χ2n) is 8.04. The number of carbonyl (C=O) groups excluding carboxylic acids is 2. The number of likely N-dealkylation sites (N-methyl/N-ethyl adjacent to an activating group) is 1. The van der Waals surface area contributed by atoms with Crippen molar-refractivity contribution in [1.82, 2.24) is 24.5 Å². The van der Waals surface area contributed by atoms with E-state index in [-0.39, 0.29) is 18.8 Å². The molecule has 0 fully saturated rings. The summed E-state index contributed by atoms with van der Waals surface area (Å²) in [6.07, 6.45) is 0. The maximum Gasteiger partial charge on any atom is 0.272 e. The lowest BCUT2D eigenvalue weighted by molar-refractivity contribution is -0.121. The van der Waals surface area contributed by atoms with E-state index in [4.69, 9.17) is 0 Å². The fourth-order valence-corrected chi connectivity index (χ4v) is 4.84. The number of benzene rings is 1. The molecule has 1 atom stereocenters. The molecule has 2 aromatic rings. The van der Waals surface area contributed by atoms with Crippen LogP contribution in [0.5, 0.6) is 0 Å². The van der Waals surface area contributed by atoms with Gasteiger partial charge in [0.25, 0.3) is 5.91 Å². The number of fused-ring (bicyclic) bond motifs is 1. The van der Waals surface area contributed by atoms with Crippen LogP contribution in [-0.4, -0.2) is 59.0 Å². The Morgan fingerprint density at radius 2 is 1.81 bits per heavy atom. The number of carbonyl (C=O) groups is 2. The van der Waals surface area contributed by atoms with E-state index in [1.165, 1.54) is 11.4 Å². The summed E-state index contributed by atoms with van der Waals surface area (Å²) in [7, 11) is -2.03. The molecule has 0 radical (unpaired) electrons. The molecule has 0 spiro atoms. The number of imidazole rings is 1. The molecule has 2 N–H and O–H groups in total. The summed E-state index contributed by atoms with van der Waals surface area (Å²) in [4.78, 5) is 30.0. The smallest absolute Gasteiger partial charge is 0.272 e. The van der Waals surface area contributed by atoms with Crippen LogP contribution in [-0.2, 0) is 27.9 Å². The van der Waals surface area contributed by atoms with Gasteiger partial charge in [-0.2, -0.15) is 4.31 Å². The Bertz CT molecular complexity index is 1140. The number of rotatable bonds is 7.